The van der Waals surface area contributed by atoms with E-state index in [4.69, 9.17) is 4.74 Å². The molecular formula is C26H31N5O2S. The Bertz CT molecular complexity index is 1050. The minimum absolute atomic E-state index is 0.0866. The van der Waals surface area contributed by atoms with Crippen LogP contribution in [0.25, 0.3) is 0 Å². The fourth-order valence-corrected chi connectivity index (χ4v) is 5.26. The van der Waals surface area contributed by atoms with Crippen molar-refractivity contribution < 1.29 is 9.53 Å². The van der Waals surface area contributed by atoms with E-state index in [9.17, 15) is 4.79 Å². The zero-order valence-electron chi connectivity index (χ0n) is 19.4. The summed E-state index contributed by atoms with van der Waals surface area (Å²) in [5.41, 5.74) is 4.27. The maximum atomic E-state index is 12.5. The smallest absolute Gasteiger partial charge is 0.265 e. The summed E-state index contributed by atoms with van der Waals surface area (Å²) < 4.78 is 6.31. The van der Waals surface area contributed by atoms with Crippen molar-refractivity contribution in [2.75, 3.05) is 39.3 Å². The van der Waals surface area contributed by atoms with Crippen molar-refractivity contribution in [3.8, 4) is 5.75 Å². The number of piperazine rings is 1. The van der Waals surface area contributed by atoms with Gasteiger partial charge in [0.1, 0.15) is 16.7 Å². The molecule has 178 valence electrons. The highest BCUT2D eigenvalue weighted by Crippen LogP contribution is 2.23. The van der Waals surface area contributed by atoms with E-state index in [0.29, 0.717) is 4.88 Å². The van der Waals surface area contributed by atoms with Gasteiger partial charge in [0.25, 0.3) is 5.91 Å². The standard InChI is InChI=1S/C26H31N5O2S/c32-26(25-17-28-20-34-25)31-9-6-23(7-10-31)33-24-5-1-3-21(15-24)18-29-11-13-30(14-12-29)19-22-4-2-8-27-16-22/h1-5,8,15-17,20,23H,6-7,9-14,18-19H2. The van der Waals surface area contributed by atoms with Crippen molar-refractivity contribution in [1.29, 1.82) is 0 Å². The Balaban J connectivity index is 1.07. The zero-order valence-corrected chi connectivity index (χ0v) is 20.2. The number of rotatable bonds is 7. The number of aromatic nitrogens is 2. The molecular weight excluding hydrogens is 446 g/mol. The van der Waals surface area contributed by atoms with Crippen LogP contribution in [0, 0.1) is 0 Å². The molecule has 2 aliphatic rings. The first kappa shape index (κ1) is 23.0. The number of carbonyl (C=O) groups excluding carboxylic acids is 1. The van der Waals surface area contributed by atoms with Gasteiger partial charge in [0.15, 0.2) is 0 Å². The maximum Gasteiger partial charge on any atom is 0.265 e. The van der Waals surface area contributed by atoms with Crippen molar-refractivity contribution >= 4 is 17.2 Å². The van der Waals surface area contributed by atoms with Gasteiger partial charge < -0.3 is 9.64 Å². The molecule has 4 heterocycles. The number of carbonyl (C=O) groups is 1. The Morgan fingerprint density at radius 1 is 0.912 bits per heavy atom. The number of amides is 1. The van der Waals surface area contributed by atoms with Crippen LogP contribution in [0.5, 0.6) is 5.75 Å². The predicted octanol–water partition coefficient (Wildman–Crippen LogP) is 3.54. The van der Waals surface area contributed by atoms with Crippen LogP contribution in [0.3, 0.4) is 0 Å². The SMILES string of the molecule is O=C(c1cncs1)N1CCC(Oc2cccc(CN3CCN(Cc4cccnc4)CC3)c2)CC1. The molecule has 0 radical (unpaired) electrons. The molecule has 2 saturated heterocycles. The summed E-state index contributed by atoms with van der Waals surface area (Å²) >= 11 is 1.40. The lowest BCUT2D eigenvalue weighted by Gasteiger charge is -2.35. The van der Waals surface area contributed by atoms with Crippen molar-refractivity contribution in [1.82, 2.24) is 24.7 Å². The van der Waals surface area contributed by atoms with Gasteiger partial charge in [0.2, 0.25) is 0 Å². The van der Waals surface area contributed by atoms with E-state index in [-0.39, 0.29) is 12.0 Å². The lowest BCUT2D eigenvalue weighted by atomic mass is 10.1. The Morgan fingerprint density at radius 2 is 1.65 bits per heavy atom. The molecule has 0 spiro atoms. The van der Waals surface area contributed by atoms with Gasteiger partial charge in [0.05, 0.1) is 11.7 Å². The summed E-state index contributed by atoms with van der Waals surface area (Å²) in [6.45, 7) is 7.65. The topological polar surface area (TPSA) is 61.8 Å². The Hall–Kier alpha value is -2.81. The number of ether oxygens (including phenoxy) is 1. The third-order valence-corrected chi connectivity index (χ3v) is 7.33. The second-order valence-corrected chi connectivity index (χ2v) is 9.92. The van der Waals surface area contributed by atoms with Crippen LogP contribution in [0.2, 0.25) is 0 Å². The first-order valence-corrected chi connectivity index (χ1v) is 12.9. The first-order chi connectivity index (χ1) is 16.7. The predicted molar refractivity (Wildman–Crippen MR) is 133 cm³/mol. The molecule has 5 rings (SSSR count). The Morgan fingerprint density at radius 3 is 2.32 bits per heavy atom. The number of hydrogen-bond donors (Lipinski definition) is 0. The molecule has 7 nitrogen and oxygen atoms in total. The van der Waals surface area contributed by atoms with Gasteiger partial charge in [-0.3, -0.25) is 24.6 Å². The zero-order chi connectivity index (χ0) is 23.2. The Labute approximate surface area is 205 Å². The molecule has 1 aromatic carbocycles. The van der Waals surface area contributed by atoms with Crippen molar-refractivity contribution in [3.05, 3.63) is 76.5 Å². The normalized spacial score (nSPS) is 18.2. The van der Waals surface area contributed by atoms with Gasteiger partial charge >= 0.3 is 0 Å². The average Bonchev–Trinajstić information content (AvgIpc) is 3.41. The fraction of sp³-hybridized carbons (Fsp3) is 0.423. The molecule has 3 aromatic rings. The van der Waals surface area contributed by atoms with Gasteiger partial charge in [0, 0.05) is 77.6 Å². The van der Waals surface area contributed by atoms with Crippen LogP contribution < -0.4 is 4.74 Å². The van der Waals surface area contributed by atoms with Gasteiger partial charge in [-0.25, -0.2) is 0 Å². The summed E-state index contributed by atoms with van der Waals surface area (Å²) in [5, 5.41) is 0. The summed E-state index contributed by atoms with van der Waals surface area (Å²) in [7, 11) is 0. The van der Waals surface area contributed by atoms with Crippen LogP contribution in [-0.2, 0) is 13.1 Å². The molecule has 0 atom stereocenters. The number of nitrogens with zero attached hydrogens (tertiary/aromatic N) is 5. The average molecular weight is 478 g/mol. The molecule has 8 heteroatoms. The van der Waals surface area contributed by atoms with Crippen molar-refractivity contribution in [2.24, 2.45) is 0 Å². The van der Waals surface area contributed by atoms with E-state index in [1.807, 2.05) is 29.4 Å². The second-order valence-electron chi connectivity index (χ2n) is 9.04. The summed E-state index contributed by atoms with van der Waals surface area (Å²) in [6, 6.07) is 12.7. The molecule has 2 aliphatic heterocycles. The van der Waals surface area contributed by atoms with Crippen molar-refractivity contribution in [2.45, 2.75) is 32.0 Å². The molecule has 0 unspecified atom stereocenters. The molecule has 2 fully saturated rings. The first-order valence-electron chi connectivity index (χ1n) is 12.0. The number of piperidine rings is 1. The molecule has 0 N–H and O–H groups in total. The minimum atomic E-state index is 0.0866. The van der Waals surface area contributed by atoms with E-state index in [1.54, 1.807) is 11.7 Å². The second kappa shape index (κ2) is 11.1. The van der Waals surface area contributed by atoms with Crippen LogP contribution in [-0.4, -0.2) is 75.9 Å². The monoisotopic (exact) mass is 477 g/mol. The fourth-order valence-electron chi connectivity index (χ4n) is 4.68. The molecule has 0 aliphatic carbocycles. The van der Waals surface area contributed by atoms with Gasteiger partial charge in [-0.05, 0) is 29.3 Å². The van der Waals surface area contributed by atoms with Crippen LogP contribution in [0.1, 0.15) is 33.6 Å². The molecule has 0 bridgehead atoms. The molecule has 34 heavy (non-hydrogen) atoms. The summed E-state index contributed by atoms with van der Waals surface area (Å²) in [4.78, 5) is 28.4. The van der Waals surface area contributed by atoms with Gasteiger partial charge in [-0.2, -0.15) is 0 Å². The summed E-state index contributed by atoms with van der Waals surface area (Å²) in [6.07, 6.45) is 7.30. The quantitative estimate of drug-likeness (QED) is 0.519. The largest absolute Gasteiger partial charge is 0.490 e. The third-order valence-electron chi connectivity index (χ3n) is 6.57. The Kier molecular flexibility index (Phi) is 7.48. The summed E-state index contributed by atoms with van der Waals surface area (Å²) in [5.74, 6) is 1.02. The highest BCUT2D eigenvalue weighted by molar-refractivity contribution is 7.11. The van der Waals surface area contributed by atoms with Crippen molar-refractivity contribution in [3.63, 3.8) is 0 Å². The number of likely N-dealkylation sites (tertiary alicyclic amines) is 1. The third kappa shape index (κ3) is 6.00. The molecule has 1 amide bonds. The minimum Gasteiger partial charge on any atom is -0.490 e. The van der Waals surface area contributed by atoms with Gasteiger partial charge in [-0.15, -0.1) is 11.3 Å². The van der Waals surface area contributed by atoms with E-state index < -0.39 is 0 Å². The lowest BCUT2D eigenvalue weighted by Crippen LogP contribution is -2.45. The molecule has 2 aromatic heterocycles. The number of pyridine rings is 1. The number of hydrogen-bond acceptors (Lipinski definition) is 7. The molecule has 0 saturated carbocycles. The van der Waals surface area contributed by atoms with Crippen LogP contribution in [0.15, 0.2) is 60.5 Å². The number of thiazole rings is 1. The highest BCUT2D eigenvalue weighted by Gasteiger charge is 2.25. The van der Waals surface area contributed by atoms with Crippen LogP contribution in [0.4, 0.5) is 0 Å². The highest BCUT2D eigenvalue weighted by atomic mass is 32.1. The van der Waals surface area contributed by atoms with Gasteiger partial charge in [-0.1, -0.05) is 18.2 Å². The van der Waals surface area contributed by atoms with E-state index >= 15 is 0 Å². The van der Waals surface area contributed by atoms with E-state index in [2.05, 4.69) is 44.0 Å². The van der Waals surface area contributed by atoms with Crippen LogP contribution >= 0.6 is 11.3 Å². The number of benzene rings is 1. The van der Waals surface area contributed by atoms with E-state index in [0.717, 1.165) is 70.9 Å². The van der Waals surface area contributed by atoms with E-state index in [1.165, 1.54) is 22.5 Å². The maximum absolute atomic E-state index is 12.5. The lowest BCUT2D eigenvalue weighted by molar-refractivity contribution is 0.0599.